The van der Waals surface area contributed by atoms with Crippen molar-refractivity contribution in [2.75, 3.05) is 13.2 Å². The topological polar surface area (TPSA) is 54.0 Å². The molecule has 0 aromatic heterocycles. The molecule has 0 bridgehead atoms. The molecule has 2 saturated carbocycles. The van der Waals surface area contributed by atoms with Gasteiger partial charge in [-0.3, -0.25) is 4.79 Å². The van der Waals surface area contributed by atoms with Gasteiger partial charge < -0.3 is 18.9 Å². The molecule has 158 valence electrons. The van der Waals surface area contributed by atoms with Gasteiger partial charge in [0.1, 0.15) is 12.2 Å². The summed E-state index contributed by atoms with van der Waals surface area (Å²) in [4.78, 5) is 11.9. The van der Waals surface area contributed by atoms with Crippen LogP contribution in [0.4, 0.5) is 0 Å². The van der Waals surface area contributed by atoms with E-state index < -0.39 is 11.4 Å². The number of carbonyl (C=O) groups is 1. The number of hydrogen-bond donors (Lipinski definition) is 0. The molecule has 0 aromatic rings. The normalized spacial score (nSPS) is 55.2. The largest absolute Gasteiger partial charge is 0.463 e. The maximum Gasteiger partial charge on any atom is 0.308 e. The van der Waals surface area contributed by atoms with E-state index in [1.165, 1.54) is 6.42 Å². The molecule has 5 fully saturated rings. The van der Waals surface area contributed by atoms with Gasteiger partial charge in [0, 0.05) is 10.8 Å². The smallest absolute Gasteiger partial charge is 0.308 e. The Bertz CT molecular complexity index is 690. The molecular formula is C23H36O5. The van der Waals surface area contributed by atoms with Gasteiger partial charge in [-0.1, -0.05) is 20.8 Å². The summed E-state index contributed by atoms with van der Waals surface area (Å²) >= 11 is 0. The molecule has 2 spiro atoms. The summed E-state index contributed by atoms with van der Waals surface area (Å²) in [5.41, 5.74) is -0.490. The Morgan fingerprint density at radius 1 is 0.964 bits per heavy atom. The minimum atomic E-state index is -0.493. The van der Waals surface area contributed by atoms with Crippen molar-refractivity contribution in [3.63, 3.8) is 0 Å². The summed E-state index contributed by atoms with van der Waals surface area (Å²) in [5.74, 6) is 0.395. The third-order valence-electron chi connectivity index (χ3n) is 9.35. The van der Waals surface area contributed by atoms with Crippen molar-refractivity contribution >= 4 is 5.97 Å². The monoisotopic (exact) mass is 392 g/mol. The quantitative estimate of drug-likeness (QED) is 0.578. The van der Waals surface area contributed by atoms with Crippen LogP contribution in [-0.2, 0) is 23.7 Å². The van der Waals surface area contributed by atoms with E-state index in [2.05, 4.69) is 20.8 Å². The first-order valence-corrected chi connectivity index (χ1v) is 11.2. The van der Waals surface area contributed by atoms with Gasteiger partial charge >= 0.3 is 5.97 Å². The molecule has 5 nitrogen and oxygen atoms in total. The summed E-state index contributed by atoms with van der Waals surface area (Å²) in [6, 6.07) is 0. The third kappa shape index (κ3) is 2.39. The molecule has 0 radical (unpaired) electrons. The minimum Gasteiger partial charge on any atom is -0.463 e. The lowest BCUT2D eigenvalue weighted by molar-refractivity contribution is -0.358. The van der Waals surface area contributed by atoms with Gasteiger partial charge in [-0.2, -0.15) is 0 Å². The average molecular weight is 393 g/mol. The second kappa shape index (κ2) is 5.73. The summed E-state index contributed by atoms with van der Waals surface area (Å²) in [5, 5.41) is 0. The molecule has 3 aliphatic heterocycles. The van der Waals surface area contributed by atoms with E-state index in [0.29, 0.717) is 24.9 Å². The van der Waals surface area contributed by atoms with E-state index >= 15 is 0 Å². The first-order chi connectivity index (χ1) is 13.0. The number of ether oxygens (including phenoxy) is 4. The molecule has 0 N–H and O–H groups in total. The van der Waals surface area contributed by atoms with Crippen LogP contribution < -0.4 is 0 Å². The van der Waals surface area contributed by atoms with Crippen LogP contribution in [0, 0.1) is 22.7 Å². The zero-order valence-corrected chi connectivity index (χ0v) is 18.1. The van der Waals surface area contributed by atoms with E-state index in [0.717, 1.165) is 38.7 Å². The van der Waals surface area contributed by atoms with E-state index in [-0.39, 0.29) is 28.5 Å². The average Bonchev–Trinajstić information content (AvgIpc) is 3.18. The predicted octanol–water partition coefficient (Wildman–Crippen LogP) is 4.23. The first-order valence-electron chi connectivity index (χ1n) is 11.2. The van der Waals surface area contributed by atoms with Gasteiger partial charge in [0.15, 0.2) is 5.79 Å². The van der Waals surface area contributed by atoms with Crippen LogP contribution in [0.5, 0.6) is 0 Å². The number of hydrogen-bond acceptors (Lipinski definition) is 5. The van der Waals surface area contributed by atoms with Crippen molar-refractivity contribution in [1.82, 2.24) is 0 Å². The van der Waals surface area contributed by atoms with Crippen LogP contribution in [-0.4, -0.2) is 42.3 Å². The van der Waals surface area contributed by atoms with E-state index in [1.807, 2.05) is 13.8 Å². The highest BCUT2D eigenvalue weighted by Gasteiger charge is 2.70. The van der Waals surface area contributed by atoms with E-state index in [9.17, 15) is 4.79 Å². The van der Waals surface area contributed by atoms with Gasteiger partial charge in [-0.05, 0) is 64.2 Å². The molecule has 3 heterocycles. The second-order valence-corrected chi connectivity index (χ2v) is 11.3. The molecule has 5 aliphatic rings. The highest BCUT2D eigenvalue weighted by atomic mass is 16.7. The van der Waals surface area contributed by atoms with Gasteiger partial charge in [0.05, 0.1) is 24.7 Å². The fraction of sp³-hybridized carbons (Fsp3) is 0.957. The molecule has 7 atom stereocenters. The van der Waals surface area contributed by atoms with Crippen molar-refractivity contribution in [3.05, 3.63) is 0 Å². The summed E-state index contributed by atoms with van der Waals surface area (Å²) in [6.07, 6.45) is 7.16. The second-order valence-electron chi connectivity index (χ2n) is 11.3. The van der Waals surface area contributed by atoms with Crippen LogP contribution in [0.3, 0.4) is 0 Å². The predicted molar refractivity (Wildman–Crippen MR) is 104 cm³/mol. The molecule has 3 saturated heterocycles. The number of carbonyl (C=O) groups excluding carboxylic acids is 1. The lowest BCUT2D eigenvalue weighted by Gasteiger charge is -2.67. The van der Waals surface area contributed by atoms with E-state index in [1.54, 1.807) is 0 Å². The lowest BCUT2D eigenvalue weighted by Crippen LogP contribution is -2.68. The third-order valence-corrected chi connectivity index (χ3v) is 9.35. The fourth-order valence-electron chi connectivity index (χ4n) is 7.80. The van der Waals surface area contributed by atoms with Crippen LogP contribution in [0.2, 0.25) is 0 Å². The van der Waals surface area contributed by atoms with E-state index in [4.69, 9.17) is 18.9 Å². The summed E-state index contributed by atoms with van der Waals surface area (Å²) in [6.45, 7) is 12.5. The maximum atomic E-state index is 11.9. The SMILES string of the molecule is C[C@@H]1CCC2[C@]3(C)COC(C)(C)O[C@@H]3CC[C@]2(C)[C@@]12CC[C@]1(COC(=O)C1)O2. The van der Waals surface area contributed by atoms with Crippen LogP contribution >= 0.6 is 0 Å². The summed E-state index contributed by atoms with van der Waals surface area (Å²) < 4.78 is 25.0. The van der Waals surface area contributed by atoms with Crippen molar-refractivity contribution in [2.45, 2.75) is 103 Å². The Morgan fingerprint density at radius 2 is 1.75 bits per heavy atom. The number of esters is 1. The Kier molecular flexibility index (Phi) is 3.96. The number of cyclic esters (lactones) is 1. The lowest BCUT2D eigenvalue weighted by atomic mass is 9.43. The highest BCUT2D eigenvalue weighted by molar-refractivity contribution is 5.73. The van der Waals surface area contributed by atoms with Crippen LogP contribution in [0.1, 0.15) is 79.6 Å². The number of rotatable bonds is 0. The van der Waals surface area contributed by atoms with Gasteiger partial charge in [-0.25, -0.2) is 0 Å². The standard InChI is InChI=1S/C23H36O5/c1-15-6-7-16-20(4)13-26-19(2,3)27-17(20)8-9-21(16,5)23(15)11-10-22(28-23)12-18(24)25-14-22/h15-17H,6-14H2,1-5H3/t15-,16?,17-,20+,21+,22+,23-/m1/s1. The molecule has 2 aliphatic carbocycles. The zero-order chi connectivity index (χ0) is 20.0. The minimum absolute atomic E-state index is 0.0107. The van der Waals surface area contributed by atoms with Crippen LogP contribution in [0.15, 0.2) is 0 Å². The van der Waals surface area contributed by atoms with Crippen molar-refractivity contribution in [1.29, 1.82) is 0 Å². The van der Waals surface area contributed by atoms with Crippen LogP contribution in [0.25, 0.3) is 0 Å². The maximum absolute atomic E-state index is 11.9. The molecule has 0 aromatic carbocycles. The van der Waals surface area contributed by atoms with Crippen molar-refractivity contribution < 1.29 is 23.7 Å². The Morgan fingerprint density at radius 3 is 2.46 bits per heavy atom. The molecule has 5 rings (SSSR count). The molecule has 0 amide bonds. The molecule has 28 heavy (non-hydrogen) atoms. The molecule has 5 heteroatoms. The number of fused-ring (bicyclic) bond motifs is 4. The van der Waals surface area contributed by atoms with Gasteiger partial charge in [0.25, 0.3) is 0 Å². The highest BCUT2D eigenvalue weighted by Crippen LogP contribution is 2.69. The molecular weight excluding hydrogens is 356 g/mol. The first kappa shape index (κ1) is 19.3. The van der Waals surface area contributed by atoms with Crippen molar-refractivity contribution in [2.24, 2.45) is 22.7 Å². The Hall–Kier alpha value is -0.650. The zero-order valence-electron chi connectivity index (χ0n) is 18.1. The summed E-state index contributed by atoms with van der Waals surface area (Å²) in [7, 11) is 0. The Balaban J connectivity index is 1.51. The van der Waals surface area contributed by atoms with Crippen molar-refractivity contribution in [3.8, 4) is 0 Å². The van der Waals surface area contributed by atoms with Gasteiger partial charge in [-0.15, -0.1) is 0 Å². The van der Waals surface area contributed by atoms with Gasteiger partial charge in [0.2, 0.25) is 0 Å². The fourth-order valence-corrected chi connectivity index (χ4v) is 7.80. The molecule has 1 unspecified atom stereocenters. The Labute approximate surface area is 168 Å².